The van der Waals surface area contributed by atoms with E-state index in [1.807, 2.05) is 6.07 Å². The van der Waals surface area contributed by atoms with Gasteiger partial charge in [0.25, 0.3) is 0 Å². The molecule has 0 bridgehead atoms. The van der Waals surface area contributed by atoms with Crippen LogP contribution in [-0.2, 0) is 0 Å². The van der Waals surface area contributed by atoms with Crippen molar-refractivity contribution in [2.45, 2.75) is 53.2 Å². The summed E-state index contributed by atoms with van der Waals surface area (Å²) in [7, 11) is 0. The fourth-order valence-electron chi connectivity index (χ4n) is 1.77. The smallest absolute Gasteiger partial charge is 0.124 e. The van der Waals surface area contributed by atoms with Crippen molar-refractivity contribution in [3.8, 4) is 5.75 Å². The highest BCUT2D eigenvalue weighted by Crippen LogP contribution is 2.30. The normalized spacial score (nSPS) is 14.5. The van der Waals surface area contributed by atoms with Gasteiger partial charge in [-0.2, -0.15) is 0 Å². The summed E-state index contributed by atoms with van der Waals surface area (Å²) in [6.07, 6.45) is 1.36. The highest BCUT2D eigenvalue weighted by atomic mass is 79.9. The van der Waals surface area contributed by atoms with Gasteiger partial charge in [0.05, 0.1) is 6.10 Å². The molecule has 0 aliphatic carbocycles. The van der Waals surface area contributed by atoms with Crippen LogP contribution in [0, 0.1) is 5.92 Å². The molecule has 2 nitrogen and oxygen atoms in total. The summed E-state index contributed by atoms with van der Waals surface area (Å²) in [5.74, 6) is 1.50. The van der Waals surface area contributed by atoms with E-state index in [2.05, 4.69) is 68.0 Å². The summed E-state index contributed by atoms with van der Waals surface area (Å²) in [5.41, 5.74) is 1.22. The molecular formula is C16H26BrNO. The summed E-state index contributed by atoms with van der Waals surface area (Å²) in [6.45, 7) is 11.9. The molecule has 0 aliphatic rings. The molecule has 2 atom stereocenters. The molecule has 1 aromatic rings. The molecule has 0 saturated heterocycles. The Morgan fingerprint density at radius 1 is 1.21 bits per heavy atom. The van der Waals surface area contributed by atoms with Crippen LogP contribution in [0.2, 0.25) is 0 Å². The molecule has 1 N–H and O–H groups in total. The van der Waals surface area contributed by atoms with Crippen molar-refractivity contribution < 1.29 is 4.74 Å². The van der Waals surface area contributed by atoms with E-state index in [9.17, 15) is 0 Å². The standard InChI is InChI=1S/C16H26BrNO/c1-6-9-18-12(4)15-10-14(17)7-8-16(15)19-13(5)11(2)3/h7-8,10-13,18H,6,9H2,1-5H3. The molecule has 108 valence electrons. The van der Waals surface area contributed by atoms with E-state index >= 15 is 0 Å². The second-order valence-electron chi connectivity index (χ2n) is 5.42. The van der Waals surface area contributed by atoms with Crippen LogP contribution in [0.4, 0.5) is 0 Å². The Balaban J connectivity index is 2.90. The van der Waals surface area contributed by atoms with Crippen LogP contribution in [0.5, 0.6) is 5.75 Å². The molecule has 0 aromatic heterocycles. The summed E-state index contributed by atoms with van der Waals surface area (Å²) in [5, 5.41) is 3.52. The van der Waals surface area contributed by atoms with E-state index < -0.39 is 0 Å². The minimum absolute atomic E-state index is 0.221. The Bertz CT molecular complexity index is 392. The maximum absolute atomic E-state index is 6.10. The van der Waals surface area contributed by atoms with Crippen LogP contribution in [0.15, 0.2) is 22.7 Å². The average Bonchev–Trinajstić information content (AvgIpc) is 2.37. The van der Waals surface area contributed by atoms with Crippen LogP contribution >= 0.6 is 15.9 Å². The number of benzene rings is 1. The number of nitrogens with one attached hydrogen (secondary N) is 1. The monoisotopic (exact) mass is 327 g/mol. The zero-order valence-electron chi connectivity index (χ0n) is 12.7. The lowest BCUT2D eigenvalue weighted by atomic mass is 10.1. The first-order chi connectivity index (χ1) is 8.95. The Kier molecular flexibility index (Phi) is 6.87. The zero-order chi connectivity index (χ0) is 14.4. The fourth-order valence-corrected chi connectivity index (χ4v) is 2.15. The minimum Gasteiger partial charge on any atom is -0.490 e. The van der Waals surface area contributed by atoms with E-state index in [0.717, 1.165) is 23.2 Å². The minimum atomic E-state index is 0.221. The van der Waals surface area contributed by atoms with Crippen molar-refractivity contribution >= 4 is 15.9 Å². The number of hydrogen-bond acceptors (Lipinski definition) is 2. The second-order valence-corrected chi connectivity index (χ2v) is 6.34. The summed E-state index contributed by atoms with van der Waals surface area (Å²) in [4.78, 5) is 0. The van der Waals surface area contributed by atoms with Gasteiger partial charge in [0.15, 0.2) is 0 Å². The lowest BCUT2D eigenvalue weighted by molar-refractivity contribution is 0.167. The van der Waals surface area contributed by atoms with Gasteiger partial charge >= 0.3 is 0 Å². The Morgan fingerprint density at radius 3 is 2.47 bits per heavy atom. The van der Waals surface area contributed by atoms with Crippen LogP contribution in [0.3, 0.4) is 0 Å². The summed E-state index contributed by atoms with van der Waals surface area (Å²) in [6, 6.07) is 6.54. The predicted molar refractivity (Wildman–Crippen MR) is 85.8 cm³/mol. The molecule has 0 saturated carbocycles. The van der Waals surface area contributed by atoms with Crippen molar-refractivity contribution in [3.05, 3.63) is 28.2 Å². The molecule has 1 rings (SSSR count). The first-order valence-electron chi connectivity index (χ1n) is 7.15. The molecule has 0 aliphatic heterocycles. The molecule has 0 fully saturated rings. The SMILES string of the molecule is CCCNC(C)c1cc(Br)ccc1OC(C)C(C)C. The third-order valence-electron chi connectivity index (χ3n) is 3.39. The van der Waals surface area contributed by atoms with Crippen molar-refractivity contribution in [2.75, 3.05) is 6.54 Å². The van der Waals surface area contributed by atoms with Gasteiger partial charge in [-0.25, -0.2) is 0 Å². The van der Waals surface area contributed by atoms with Gasteiger partial charge in [-0.15, -0.1) is 0 Å². The van der Waals surface area contributed by atoms with Gasteiger partial charge in [-0.05, 0) is 50.9 Å². The highest BCUT2D eigenvalue weighted by Gasteiger charge is 2.15. The largest absolute Gasteiger partial charge is 0.490 e. The summed E-state index contributed by atoms with van der Waals surface area (Å²) >= 11 is 3.54. The maximum Gasteiger partial charge on any atom is 0.124 e. The maximum atomic E-state index is 6.10. The molecule has 19 heavy (non-hydrogen) atoms. The van der Waals surface area contributed by atoms with Gasteiger partial charge in [-0.1, -0.05) is 36.7 Å². The molecule has 0 heterocycles. The van der Waals surface area contributed by atoms with Crippen molar-refractivity contribution in [1.29, 1.82) is 0 Å². The molecule has 0 radical (unpaired) electrons. The van der Waals surface area contributed by atoms with Gasteiger partial charge < -0.3 is 10.1 Å². The van der Waals surface area contributed by atoms with Crippen molar-refractivity contribution in [1.82, 2.24) is 5.32 Å². The highest BCUT2D eigenvalue weighted by molar-refractivity contribution is 9.10. The molecule has 0 amide bonds. The van der Waals surface area contributed by atoms with Gasteiger partial charge in [0.1, 0.15) is 5.75 Å². The zero-order valence-corrected chi connectivity index (χ0v) is 14.3. The molecule has 2 unspecified atom stereocenters. The Labute approximate surface area is 126 Å². The first kappa shape index (κ1) is 16.5. The van der Waals surface area contributed by atoms with Gasteiger partial charge in [0.2, 0.25) is 0 Å². The molecular weight excluding hydrogens is 302 g/mol. The third kappa shape index (κ3) is 5.15. The van der Waals surface area contributed by atoms with Crippen LogP contribution in [-0.4, -0.2) is 12.6 Å². The predicted octanol–water partition coefficient (Wildman–Crippen LogP) is 4.93. The lowest BCUT2D eigenvalue weighted by Gasteiger charge is -2.23. The van der Waals surface area contributed by atoms with E-state index in [0.29, 0.717) is 12.0 Å². The fraction of sp³-hybridized carbons (Fsp3) is 0.625. The average molecular weight is 328 g/mol. The van der Waals surface area contributed by atoms with Crippen molar-refractivity contribution in [2.24, 2.45) is 5.92 Å². The van der Waals surface area contributed by atoms with E-state index in [1.54, 1.807) is 0 Å². The van der Waals surface area contributed by atoms with Crippen LogP contribution in [0.25, 0.3) is 0 Å². The number of rotatable bonds is 7. The van der Waals surface area contributed by atoms with Crippen molar-refractivity contribution in [3.63, 3.8) is 0 Å². The van der Waals surface area contributed by atoms with Gasteiger partial charge in [-0.3, -0.25) is 0 Å². The van der Waals surface area contributed by atoms with Gasteiger partial charge in [0, 0.05) is 16.1 Å². The lowest BCUT2D eigenvalue weighted by Crippen LogP contribution is -2.23. The van der Waals surface area contributed by atoms with E-state index in [-0.39, 0.29) is 6.10 Å². The van der Waals surface area contributed by atoms with Crippen LogP contribution < -0.4 is 10.1 Å². The van der Waals surface area contributed by atoms with E-state index in [1.165, 1.54) is 5.56 Å². The number of hydrogen-bond donors (Lipinski definition) is 1. The molecule has 3 heteroatoms. The first-order valence-corrected chi connectivity index (χ1v) is 7.94. The number of halogens is 1. The molecule has 1 aromatic carbocycles. The second kappa shape index (κ2) is 7.91. The Morgan fingerprint density at radius 2 is 1.89 bits per heavy atom. The topological polar surface area (TPSA) is 21.3 Å². The van der Waals surface area contributed by atoms with E-state index in [4.69, 9.17) is 4.74 Å². The Hall–Kier alpha value is -0.540. The quantitative estimate of drug-likeness (QED) is 0.766. The third-order valence-corrected chi connectivity index (χ3v) is 3.88. The summed E-state index contributed by atoms with van der Waals surface area (Å²) < 4.78 is 7.20. The number of ether oxygens (including phenoxy) is 1. The molecule has 0 spiro atoms. The van der Waals surface area contributed by atoms with Crippen LogP contribution in [0.1, 0.15) is 52.6 Å².